The molecule has 1 atom stereocenters. The maximum atomic E-state index is 11.3. The highest BCUT2D eigenvalue weighted by molar-refractivity contribution is 5.92. The molecule has 12 heavy (non-hydrogen) atoms. The van der Waals surface area contributed by atoms with Crippen LogP contribution in [0.3, 0.4) is 0 Å². The quantitative estimate of drug-likeness (QED) is 0.616. The van der Waals surface area contributed by atoms with E-state index in [1.54, 1.807) is 13.0 Å². The lowest BCUT2D eigenvalue weighted by Crippen LogP contribution is -2.31. The topological polar surface area (TPSA) is 55.1 Å². The standard InChI is InChI=1S/C9H18N2O/c1-6(2)11-9(12)7(3)5-8(4)10/h5-6,8H,10H2,1-4H3,(H,11,12)/b7-5+. The van der Waals surface area contributed by atoms with Gasteiger partial charge in [0.15, 0.2) is 0 Å². The van der Waals surface area contributed by atoms with Gasteiger partial charge in [0.25, 0.3) is 0 Å². The Labute approximate surface area is 74.0 Å². The van der Waals surface area contributed by atoms with Crippen molar-refractivity contribution in [2.75, 3.05) is 0 Å². The van der Waals surface area contributed by atoms with Crippen LogP contribution in [0.2, 0.25) is 0 Å². The summed E-state index contributed by atoms with van der Waals surface area (Å²) in [6, 6.07) is 0.108. The first kappa shape index (κ1) is 11.2. The molecule has 0 bridgehead atoms. The Morgan fingerprint density at radius 2 is 1.92 bits per heavy atom. The normalized spacial score (nSPS) is 14.7. The molecule has 70 valence electrons. The SMILES string of the molecule is C/C(=C\C(C)N)C(=O)NC(C)C. The van der Waals surface area contributed by atoms with Crippen LogP contribution in [0.4, 0.5) is 0 Å². The lowest BCUT2D eigenvalue weighted by Gasteiger charge is -2.08. The molecular formula is C9H18N2O. The Bertz CT molecular complexity index is 183. The zero-order chi connectivity index (χ0) is 9.72. The summed E-state index contributed by atoms with van der Waals surface area (Å²) >= 11 is 0. The van der Waals surface area contributed by atoms with Gasteiger partial charge in [-0.3, -0.25) is 4.79 Å². The third kappa shape index (κ3) is 4.91. The van der Waals surface area contributed by atoms with Gasteiger partial charge in [-0.05, 0) is 27.7 Å². The van der Waals surface area contributed by atoms with Crippen LogP contribution in [-0.4, -0.2) is 18.0 Å². The highest BCUT2D eigenvalue weighted by atomic mass is 16.1. The maximum Gasteiger partial charge on any atom is 0.246 e. The van der Waals surface area contributed by atoms with Crippen molar-refractivity contribution in [2.45, 2.75) is 39.8 Å². The third-order valence-electron chi connectivity index (χ3n) is 1.29. The Hall–Kier alpha value is -0.830. The predicted octanol–water partition coefficient (Wildman–Crippen LogP) is 0.804. The van der Waals surface area contributed by atoms with Gasteiger partial charge in [0.1, 0.15) is 0 Å². The van der Waals surface area contributed by atoms with Gasteiger partial charge in [-0.25, -0.2) is 0 Å². The van der Waals surface area contributed by atoms with Gasteiger partial charge in [0, 0.05) is 17.7 Å². The van der Waals surface area contributed by atoms with Crippen molar-refractivity contribution in [3.8, 4) is 0 Å². The van der Waals surface area contributed by atoms with Crippen LogP contribution in [0, 0.1) is 0 Å². The Morgan fingerprint density at radius 1 is 1.42 bits per heavy atom. The second-order valence-electron chi connectivity index (χ2n) is 3.34. The summed E-state index contributed by atoms with van der Waals surface area (Å²) in [5, 5.41) is 2.79. The zero-order valence-corrected chi connectivity index (χ0v) is 8.22. The monoisotopic (exact) mass is 170 g/mol. The lowest BCUT2D eigenvalue weighted by atomic mass is 10.2. The minimum absolute atomic E-state index is 0.0395. The van der Waals surface area contributed by atoms with Gasteiger partial charge in [-0.1, -0.05) is 6.08 Å². The molecule has 0 aromatic rings. The molecular weight excluding hydrogens is 152 g/mol. The van der Waals surface area contributed by atoms with Crippen molar-refractivity contribution in [2.24, 2.45) is 5.73 Å². The van der Waals surface area contributed by atoms with Crippen molar-refractivity contribution in [1.82, 2.24) is 5.32 Å². The first-order valence-corrected chi connectivity index (χ1v) is 4.18. The highest BCUT2D eigenvalue weighted by Gasteiger charge is 2.05. The molecule has 0 radical (unpaired) electrons. The molecule has 3 N–H and O–H groups in total. The predicted molar refractivity (Wildman–Crippen MR) is 50.7 cm³/mol. The van der Waals surface area contributed by atoms with Crippen molar-refractivity contribution in [1.29, 1.82) is 0 Å². The summed E-state index contributed by atoms with van der Waals surface area (Å²) in [4.78, 5) is 11.3. The number of amides is 1. The van der Waals surface area contributed by atoms with Crippen LogP contribution in [0.1, 0.15) is 27.7 Å². The molecule has 1 unspecified atom stereocenters. The van der Waals surface area contributed by atoms with E-state index >= 15 is 0 Å². The highest BCUT2D eigenvalue weighted by Crippen LogP contribution is 1.95. The number of carbonyl (C=O) groups is 1. The molecule has 3 heteroatoms. The Balaban J connectivity index is 4.10. The molecule has 0 spiro atoms. The van der Waals surface area contributed by atoms with Crippen LogP contribution >= 0.6 is 0 Å². The largest absolute Gasteiger partial charge is 0.350 e. The maximum absolute atomic E-state index is 11.3. The van der Waals surface area contributed by atoms with E-state index in [2.05, 4.69) is 5.32 Å². The van der Waals surface area contributed by atoms with E-state index in [9.17, 15) is 4.79 Å². The van der Waals surface area contributed by atoms with Gasteiger partial charge in [-0.2, -0.15) is 0 Å². The molecule has 0 aromatic carbocycles. The molecule has 0 aliphatic rings. The summed E-state index contributed by atoms with van der Waals surface area (Å²) in [5.41, 5.74) is 6.18. The number of hydrogen-bond donors (Lipinski definition) is 2. The lowest BCUT2D eigenvalue weighted by molar-refractivity contribution is -0.117. The fraction of sp³-hybridized carbons (Fsp3) is 0.667. The van der Waals surface area contributed by atoms with Crippen LogP contribution in [0.15, 0.2) is 11.6 Å². The van der Waals surface area contributed by atoms with E-state index < -0.39 is 0 Å². The Morgan fingerprint density at radius 3 is 2.25 bits per heavy atom. The molecule has 0 saturated heterocycles. The van der Waals surface area contributed by atoms with Gasteiger partial charge in [-0.15, -0.1) is 0 Å². The molecule has 0 heterocycles. The fourth-order valence-electron chi connectivity index (χ4n) is 0.846. The molecule has 0 rings (SSSR count). The van der Waals surface area contributed by atoms with Gasteiger partial charge >= 0.3 is 0 Å². The van der Waals surface area contributed by atoms with E-state index in [4.69, 9.17) is 5.73 Å². The molecule has 0 aromatic heterocycles. The van der Waals surface area contributed by atoms with Crippen molar-refractivity contribution < 1.29 is 4.79 Å². The fourth-order valence-corrected chi connectivity index (χ4v) is 0.846. The number of nitrogens with one attached hydrogen (secondary N) is 1. The summed E-state index contributed by atoms with van der Waals surface area (Å²) in [7, 11) is 0. The molecule has 1 amide bonds. The molecule has 0 saturated carbocycles. The average Bonchev–Trinajstić information content (AvgIpc) is 1.84. The number of rotatable bonds is 3. The Kier molecular flexibility index (Phi) is 4.59. The molecule has 3 nitrogen and oxygen atoms in total. The summed E-state index contributed by atoms with van der Waals surface area (Å²) in [6.45, 7) is 7.46. The zero-order valence-electron chi connectivity index (χ0n) is 8.22. The van der Waals surface area contributed by atoms with E-state index in [1.807, 2.05) is 20.8 Å². The first-order chi connectivity index (χ1) is 5.43. The summed E-state index contributed by atoms with van der Waals surface area (Å²) < 4.78 is 0. The number of nitrogens with two attached hydrogens (primary N) is 1. The van der Waals surface area contributed by atoms with Crippen LogP contribution in [0.25, 0.3) is 0 Å². The smallest absolute Gasteiger partial charge is 0.246 e. The molecule has 0 aliphatic carbocycles. The van der Waals surface area contributed by atoms with Crippen LogP contribution in [-0.2, 0) is 4.79 Å². The van der Waals surface area contributed by atoms with Gasteiger partial charge in [0.05, 0.1) is 0 Å². The number of hydrogen-bond acceptors (Lipinski definition) is 2. The minimum Gasteiger partial charge on any atom is -0.350 e. The molecule has 0 aliphatic heterocycles. The van der Waals surface area contributed by atoms with Crippen molar-refractivity contribution >= 4 is 5.91 Å². The minimum atomic E-state index is -0.0667. The van der Waals surface area contributed by atoms with Crippen molar-refractivity contribution in [3.05, 3.63) is 11.6 Å². The molecule has 0 fully saturated rings. The van der Waals surface area contributed by atoms with Crippen LogP contribution in [0.5, 0.6) is 0 Å². The first-order valence-electron chi connectivity index (χ1n) is 4.18. The summed E-state index contributed by atoms with van der Waals surface area (Å²) in [5.74, 6) is -0.0395. The van der Waals surface area contributed by atoms with E-state index in [-0.39, 0.29) is 18.0 Å². The second kappa shape index (κ2) is 4.93. The second-order valence-corrected chi connectivity index (χ2v) is 3.34. The average molecular weight is 170 g/mol. The van der Waals surface area contributed by atoms with Gasteiger partial charge < -0.3 is 11.1 Å². The number of carbonyl (C=O) groups excluding carboxylic acids is 1. The van der Waals surface area contributed by atoms with E-state index in [0.717, 1.165) is 0 Å². The third-order valence-corrected chi connectivity index (χ3v) is 1.29. The van der Waals surface area contributed by atoms with E-state index in [1.165, 1.54) is 0 Å². The van der Waals surface area contributed by atoms with Crippen molar-refractivity contribution in [3.63, 3.8) is 0 Å². The summed E-state index contributed by atoms with van der Waals surface area (Å²) in [6.07, 6.45) is 1.75. The van der Waals surface area contributed by atoms with Gasteiger partial charge in [0.2, 0.25) is 5.91 Å². The van der Waals surface area contributed by atoms with E-state index in [0.29, 0.717) is 5.57 Å². The van der Waals surface area contributed by atoms with Crippen LogP contribution < -0.4 is 11.1 Å².